The van der Waals surface area contributed by atoms with E-state index in [1.165, 1.54) is 7.11 Å². The standard InChI is InChI=1S/C38H57N7O6/c1-8-26(2)33(44-20-19-42(36(44)49)23-30-16-12-13-27(3)39-30)34(47)40-31(21-28-14-10-9-11-15-28)32(46)24-43(22-29-17-18-29)41-35(48)45(37(50)51-7)25-38(4,5)6/h9-16,26,29,31-33,46H,8,17-25H2,1-7H3,(H,40,47)(H,41,48). The number of hydrazine groups is 1. The van der Waals surface area contributed by atoms with Crippen LogP contribution in [0.25, 0.3) is 0 Å². The number of aryl methyl sites for hydroxylation is 1. The van der Waals surface area contributed by atoms with E-state index in [4.69, 9.17) is 4.74 Å². The molecule has 0 bridgehead atoms. The first-order valence-electron chi connectivity index (χ1n) is 18.1. The molecule has 13 heteroatoms. The van der Waals surface area contributed by atoms with Gasteiger partial charge in [0.05, 0.1) is 31.5 Å². The van der Waals surface area contributed by atoms with Crippen LogP contribution < -0.4 is 10.7 Å². The summed E-state index contributed by atoms with van der Waals surface area (Å²) in [6, 6.07) is 12.9. The van der Waals surface area contributed by atoms with Gasteiger partial charge in [-0.25, -0.2) is 24.3 Å². The number of carbonyl (C=O) groups is 4. The molecule has 2 heterocycles. The van der Waals surface area contributed by atoms with Crippen molar-refractivity contribution in [2.24, 2.45) is 17.3 Å². The van der Waals surface area contributed by atoms with Crippen molar-refractivity contribution in [2.75, 3.05) is 39.8 Å². The van der Waals surface area contributed by atoms with Crippen LogP contribution >= 0.6 is 0 Å². The molecule has 6 amide bonds. The maximum atomic E-state index is 14.3. The first-order valence-corrected chi connectivity index (χ1v) is 18.1. The Kier molecular flexibility index (Phi) is 13.8. The molecule has 1 aromatic heterocycles. The normalized spacial score (nSPS) is 17.2. The minimum absolute atomic E-state index is 0.00152. The average molecular weight is 708 g/mol. The van der Waals surface area contributed by atoms with Crippen LogP contribution in [0.4, 0.5) is 14.4 Å². The fraction of sp³-hybridized carbons (Fsp3) is 0.605. The number of hydrogen-bond donors (Lipinski definition) is 3. The van der Waals surface area contributed by atoms with Crippen molar-refractivity contribution in [2.45, 2.75) is 92.0 Å². The van der Waals surface area contributed by atoms with Gasteiger partial charge in [0.25, 0.3) is 0 Å². The zero-order valence-electron chi connectivity index (χ0n) is 31.3. The molecule has 0 spiro atoms. The molecule has 2 aromatic rings. The van der Waals surface area contributed by atoms with Gasteiger partial charge >= 0.3 is 18.2 Å². The lowest BCUT2D eigenvalue weighted by atomic mass is 9.95. The fourth-order valence-corrected chi connectivity index (χ4v) is 6.37. The van der Waals surface area contributed by atoms with E-state index in [9.17, 15) is 24.3 Å². The number of pyridine rings is 1. The van der Waals surface area contributed by atoms with Gasteiger partial charge in [0.15, 0.2) is 0 Å². The van der Waals surface area contributed by atoms with Gasteiger partial charge in [-0.15, -0.1) is 0 Å². The molecule has 1 aromatic carbocycles. The summed E-state index contributed by atoms with van der Waals surface area (Å²) in [7, 11) is 1.23. The lowest BCUT2D eigenvalue weighted by molar-refractivity contribution is -0.128. The predicted molar refractivity (Wildman–Crippen MR) is 194 cm³/mol. The molecule has 0 radical (unpaired) electrons. The van der Waals surface area contributed by atoms with E-state index in [0.29, 0.717) is 44.9 Å². The Bertz CT molecular complexity index is 1480. The topological polar surface area (TPSA) is 148 Å². The van der Waals surface area contributed by atoms with Gasteiger partial charge in [-0.1, -0.05) is 77.4 Å². The highest BCUT2D eigenvalue weighted by Gasteiger charge is 2.41. The highest BCUT2D eigenvalue weighted by molar-refractivity contribution is 5.90. The van der Waals surface area contributed by atoms with Gasteiger partial charge in [-0.2, -0.15) is 0 Å². The van der Waals surface area contributed by atoms with Crippen LogP contribution in [0.2, 0.25) is 0 Å². The number of nitrogens with one attached hydrogen (secondary N) is 2. The third-order valence-electron chi connectivity index (χ3n) is 9.41. The molecule has 13 nitrogen and oxygen atoms in total. The SMILES string of the molecule is CCC(C)C(C(=O)NC(Cc1ccccc1)C(O)CN(CC1CC1)NC(=O)N(CC(C)(C)C)C(=O)OC)N1CCN(Cc2cccc(C)n2)C1=O. The zero-order chi connectivity index (χ0) is 37.3. The number of ether oxygens (including phenoxy) is 1. The minimum atomic E-state index is -1.11. The van der Waals surface area contributed by atoms with Crippen molar-refractivity contribution in [1.82, 2.24) is 35.4 Å². The molecule has 1 aliphatic carbocycles. The van der Waals surface area contributed by atoms with Crippen LogP contribution in [0.5, 0.6) is 0 Å². The third kappa shape index (κ3) is 11.6. The molecular weight excluding hydrogens is 650 g/mol. The van der Waals surface area contributed by atoms with Crippen LogP contribution in [-0.2, 0) is 22.5 Å². The molecule has 51 heavy (non-hydrogen) atoms. The maximum absolute atomic E-state index is 14.3. The van der Waals surface area contributed by atoms with E-state index in [2.05, 4.69) is 15.7 Å². The third-order valence-corrected chi connectivity index (χ3v) is 9.41. The number of urea groups is 2. The number of amides is 6. The first kappa shape index (κ1) is 39.6. The van der Waals surface area contributed by atoms with E-state index in [-0.39, 0.29) is 36.4 Å². The van der Waals surface area contributed by atoms with Gasteiger partial charge in [0.1, 0.15) is 6.04 Å². The highest BCUT2D eigenvalue weighted by Crippen LogP contribution is 2.30. The minimum Gasteiger partial charge on any atom is -0.452 e. The Balaban J connectivity index is 1.53. The number of aliphatic hydroxyl groups excluding tert-OH is 1. The Morgan fingerprint density at radius 2 is 1.78 bits per heavy atom. The van der Waals surface area contributed by atoms with Crippen molar-refractivity contribution in [3.8, 4) is 0 Å². The maximum Gasteiger partial charge on any atom is 0.417 e. The Hall–Kier alpha value is -4.23. The molecule has 1 saturated carbocycles. The lowest BCUT2D eigenvalue weighted by Crippen LogP contribution is -2.59. The molecule has 2 fully saturated rings. The largest absolute Gasteiger partial charge is 0.452 e. The quantitative estimate of drug-likeness (QED) is 0.215. The van der Waals surface area contributed by atoms with Gasteiger partial charge in [0.2, 0.25) is 5.91 Å². The number of benzene rings is 1. The lowest BCUT2D eigenvalue weighted by Gasteiger charge is -2.35. The molecule has 4 unspecified atom stereocenters. The zero-order valence-corrected chi connectivity index (χ0v) is 31.3. The second kappa shape index (κ2) is 17.8. The Labute approximate surface area is 302 Å². The van der Waals surface area contributed by atoms with Crippen LogP contribution in [-0.4, -0.2) is 112 Å². The summed E-state index contributed by atoms with van der Waals surface area (Å²) in [5.41, 5.74) is 5.03. The average Bonchev–Trinajstić information content (AvgIpc) is 3.84. The number of aromatic nitrogens is 1. The smallest absolute Gasteiger partial charge is 0.417 e. The second-order valence-corrected chi connectivity index (χ2v) is 15.3. The molecule has 3 N–H and O–H groups in total. The van der Waals surface area contributed by atoms with Crippen LogP contribution in [0.3, 0.4) is 0 Å². The molecule has 1 saturated heterocycles. The number of nitrogens with zero attached hydrogens (tertiary/aromatic N) is 5. The second-order valence-electron chi connectivity index (χ2n) is 15.3. The number of imide groups is 1. The summed E-state index contributed by atoms with van der Waals surface area (Å²) >= 11 is 0. The summed E-state index contributed by atoms with van der Waals surface area (Å²) in [5, 5.41) is 16.6. The van der Waals surface area contributed by atoms with Crippen molar-refractivity contribution in [3.05, 3.63) is 65.5 Å². The summed E-state index contributed by atoms with van der Waals surface area (Å²) in [4.78, 5) is 63.0. The summed E-state index contributed by atoms with van der Waals surface area (Å²) in [6.07, 6.45) is 1.09. The van der Waals surface area contributed by atoms with Gasteiger partial charge < -0.3 is 25.0 Å². The number of hydrogen-bond acceptors (Lipinski definition) is 8. The van der Waals surface area contributed by atoms with E-state index in [0.717, 1.165) is 34.7 Å². The Morgan fingerprint density at radius 3 is 2.39 bits per heavy atom. The number of rotatable bonds is 16. The molecule has 2 aliphatic rings. The van der Waals surface area contributed by atoms with E-state index >= 15 is 0 Å². The predicted octanol–water partition coefficient (Wildman–Crippen LogP) is 4.58. The van der Waals surface area contributed by atoms with Gasteiger partial charge in [0, 0.05) is 38.4 Å². The van der Waals surface area contributed by atoms with Crippen molar-refractivity contribution < 1.29 is 29.0 Å². The molecule has 4 atom stereocenters. The first-order chi connectivity index (χ1) is 24.2. The van der Waals surface area contributed by atoms with Crippen molar-refractivity contribution in [3.63, 3.8) is 0 Å². The number of carbonyl (C=O) groups excluding carboxylic acids is 4. The molecular formula is C38H57N7O6. The van der Waals surface area contributed by atoms with Crippen LogP contribution in [0.1, 0.15) is 70.8 Å². The van der Waals surface area contributed by atoms with Gasteiger partial charge in [-0.05, 0) is 61.1 Å². The fourth-order valence-electron chi connectivity index (χ4n) is 6.37. The summed E-state index contributed by atoms with van der Waals surface area (Å²) < 4.78 is 4.90. The van der Waals surface area contributed by atoms with Gasteiger partial charge in [-0.3, -0.25) is 15.2 Å². The van der Waals surface area contributed by atoms with E-state index in [1.54, 1.807) is 14.8 Å². The van der Waals surface area contributed by atoms with Crippen LogP contribution in [0.15, 0.2) is 48.5 Å². The number of aliphatic hydroxyl groups is 1. The van der Waals surface area contributed by atoms with Crippen molar-refractivity contribution in [1.29, 1.82) is 0 Å². The Morgan fingerprint density at radius 1 is 1.08 bits per heavy atom. The molecule has 4 rings (SSSR count). The highest BCUT2D eigenvalue weighted by atomic mass is 16.5. The molecule has 1 aliphatic heterocycles. The molecule has 280 valence electrons. The summed E-state index contributed by atoms with van der Waals surface area (Å²) in [5.74, 6) is -0.158. The van der Waals surface area contributed by atoms with Crippen LogP contribution in [0, 0.1) is 24.2 Å². The number of methoxy groups -OCH3 is 1. The van der Waals surface area contributed by atoms with Crippen molar-refractivity contribution >= 4 is 24.1 Å². The summed E-state index contributed by atoms with van der Waals surface area (Å²) in [6.45, 7) is 13.4. The van der Waals surface area contributed by atoms with E-state index in [1.807, 2.05) is 90.1 Å². The monoisotopic (exact) mass is 707 g/mol. The van der Waals surface area contributed by atoms with E-state index < -0.39 is 30.3 Å².